The highest BCUT2D eigenvalue weighted by molar-refractivity contribution is 5.87. The van der Waals surface area contributed by atoms with E-state index in [0.29, 0.717) is 12.4 Å². The molecule has 0 saturated heterocycles. The molecular weight excluding hydrogens is 208 g/mol. The summed E-state index contributed by atoms with van der Waals surface area (Å²) >= 11 is 0. The van der Waals surface area contributed by atoms with E-state index in [2.05, 4.69) is 0 Å². The van der Waals surface area contributed by atoms with Crippen molar-refractivity contribution in [3.05, 3.63) is 41.5 Å². The summed E-state index contributed by atoms with van der Waals surface area (Å²) in [6, 6.07) is 6.18. The van der Waals surface area contributed by atoms with E-state index in [1.807, 2.05) is 0 Å². The Labute approximate surface area is 93.8 Å². The van der Waals surface area contributed by atoms with E-state index in [1.165, 1.54) is 12.1 Å². The molecule has 0 heterocycles. The van der Waals surface area contributed by atoms with Crippen LogP contribution >= 0.6 is 0 Å². The molecule has 0 aromatic heterocycles. The van der Waals surface area contributed by atoms with Crippen molar-refractivity contribution >= 4 is 5.97 Å². The van der Waals surface area contributed by atoms with Gasteiger partial charge >= 0.3 is 5.97 Å². The van der Waals surface area contributed by atoms with Gasteiger partial charge in [0.05, 0.1) is 12.2 Å². The summed E-state index contributed by atoms with van der Waals surface area (Å²) in [5, 5.41) is 17.4. The second kappa shape index (κ2) is 5.92. The molecule has 0 saturated carbocycles. The number of carbonyl (C=O) groups is 1. The van der Waals surface area contributed by atoms with Gasteiger partial charge in [0, 0.05) is 0 Å². The molecule has 0 bridgehead atoms. The second-order valence-electron chi connectivity index (χ2n) is 3.35. The molecule has 86 valence electrons. The predicted molar refractivity (Wildman–Crippen MR) is 59.7 cm³/mol. The monoisotopic (exact) mass is 222 g/mol. The van der Waals surface area contributed by atoms with Crippen LogP contribution in [-0.4, -0.2) is 29.4 Å². The summed E-state index contributed by atoms with van der Waals surface area (Å²) in [5.41, 5.74) is 1.07. The summed E-state index contributed by atoms with van der Waals surface area (Å²) in [7, 11) is 0. The molecule has 0 amide bonds. The maximum atomic E-state index is 10.6. The van der Waals surface area contributed by atoms with Crippen LogP contribution in [-0.2, 0) is 0 Å². The van der Waals surface area contributed by atoms with Crippen LogP contribution in [0.5, 0.6) is 5.75 Å². The zero-order valence-corrected chi connectivity index (χ0v) is 9.01. The Balaban J connectivity index is 2.53. The van der Waals surface area contributed by atoms with Gasteiger partial charge in [-0.15, -0.1) is 0 Å². The van der Waals surface area contributed by atoms with Gasteiger partial charge in [-0.05, 0) is 42.8 Å². The Kier molecular flexibility index (Phi) is 4.54. The smallest absolute Gasteiger partial charge is 0.335 e. The van der Waals surface area contributed by atoms with Gasteiger partial charge in [0.1, 0.15) is 12.4 Å². The Hall–Kier alpha value is -1.81. The second-order valence-corrected chi connectivity index (χ2v) is 3.35. The number of carboxylic acid groups (broad SMARTS) is 1. The average Bonchev–Trinajstić information content (AvgIpc) is 2.29. The number of hydrogen-bond donors (Lipinski definition) is 2. The predicted octanol–water partition coefficient (Wildman–Crippen LogP) is 1.70. The van der Waals surface area contributed by atoms with Crippen molar-refractivity contribution in [3.8, 4) is 5.75 Å². The third-order valence-corrected chi connectivity index (χ3v) is 2.03. The number of hydrogen-bond acceptors (Lipinski definition) is 3. The maximum absolute atomic E-state index is 10.6. The minimum atomic E-state index is -0.956. The number of carboxylic acids is 1. The fourth-order valence-corrected chi connectivity index (χ4v) is 1.04. The summed E-state index contributed by atoms with van der Waals surface area (Å²) in [6.45, 7) is 2.18. The first-order valence-corrected chi connectivity index (χ1v) is 4.86. The van der Waals surface area contributed by atoms with Crippen LogP contribution in [0.1, 0.15) is 17.3 Å². The molecule has 0 spiro atoms. The Morgan fingerprint density at radius 3 is 2.50 bits per heavy atom. The highest BCUT2D eigenvalue weighted by Gasteiger charge is 2.01. The van der Waals surface area contributed by atoms with Crippen molar-refractivity contribution < 1.29 is 19.7 Å². The van der Waals surface area contributed by atoms with Crippen LogP contribution in [0.25, 0.3) is 0 Å². The van der Waals surface area contributed by atoms with Crippen LogP contribution < -0.4 is 4.74 Å². The Morgan fingerprint density at radius 2 is 2.00 bits per heavy atom. The number of rotatable bonds is 5. The van der Waals surface area contributed by atoms with Gasteiger partial charge in [-0.1, -0.05) is 0 Å². The van der Waals surface area contributed by atoms with E-state index < -0.39 is 5.97 Å². The van der Waals surface area contributed by atoms with E-state index in [0.717, 1.165) is 5.57 Å². The fourth-order valence-electron chi connectivity index (χ4n) is 1.04. The highest BCUT2D eigenvalue weighted by Crippen LogP contribution is 2.12. The zero-order valence-electron chi connectivity index (χ0n) is 9.01. The van der Waals surface area contributed by atoms with Crippen LogP contribution in [0.4, 0.5) is 0 Å². The minimum Gasteiger partial charge on any atom is -0.490 e. The third kappa shape index (κ3) is 3.74. The number of ether oxygens (including phenoxy) is 1. The van der Waals surface area contributed by atoms with Gasteiger partial charge < -0.3 is 14.9 Å². The van der Waals surface area contributed by atoms with E-state index in [1.54, 1.807) is 25.1 Å². The first-order valence-electron chi connectivity index (χ1n) is 4.86. The molecule has 0 unspecified atom stereocenters. The number of benzene rings is 1. The lowest BCUT2D eigenvalue weighted by atomic mass is 10.2. The van der Waals surface area contributed by atoms with Crippen molar-refractivity contribution in [1.29, 1.82) is 0 Å². The summed E-state index contributed by atoms with van der Waals surface area (Å²) in [5.74, 6) is -0.352. The normalized spacial score (nSPS) is 11.2. The molecule has 0 aliphatic rings. The van der Waals surface area contributed by atoms with Gasteiger partial charge in [0.2, 0.25) is 0 Å². The van der Waals surface area contributed by atoms with Gasteiger partial charge in [0.15, 0.2) is 0 Å². The van der Waals surface area contributed by atoms with E-state index >= 15 is 0 Å². The van der Waals surface area contributed by atoms with E-state index in [-0.39, 0.29) is 12.2 Å². The lowest BCUT2D eigenvalue weighted by Gasteiger charge is -2.04. The molecule has 4 heteroatoms. The molecular formula is C12H14O4. The molecule has 1 aromatic carbocycles. The molecule has 1 aromatic rings. The lowest BCUT2D eigenvalue weighted by molar-refractivity contribution is 0.0697. The lowest BCUT2D eigenvalue weighted by Crippen LogP contribution is -1.98. The standard InChI is InChI=1S/C12H14O4/c1-9(8-13)6-7-16-11-4-2-10(3-5-11)12(14)15/h2-6,13H,7-8H2,1H3,(H,14,15)/b9-6-. The molecule has 0 fully saturated rings. The van der Waals surface area contributed by atoms with Gasteiger partial charge in [-0.3, -0.25) is 0 Å². The topological polar surface area (TPSA) is 66.8 Å². The number of aliphatic hydroxyl groups is 1. The van der Waals surface area contributed by atoms with E-state index in [4.69, 9.17) is 14.9 Å². The Morgan fingerprint density at radius 1 is 1.38 bits per heavy atom. The van der Waals surface area contributed by atoms with Crippen molar-refractivity contribution in [2.75, 3.05) is 13.2 Å². The first-order chi connectivity index (χ1) is 7.63. The summed E-state index contributed by atoms with van der Waals surface area (Å²) in [4.78, 5) is 10.6. The maximum Gasteiger partial charge on any atom is 0.335 e. The first kappa shape index (κ1) is 12.3. The molecule has 4 nitrogen and oxygen atoms in total. The molecule has 2 N–H and O–H groups in total. The molecule has 0 atom stereocenters. The highest BCUT2D eigenvalue weighted by atomic mass is 16.5. The molecule has 0 aliphatic carbocycles. The van der Waals surface area contributed by atoms with Crippen LogP contribution in [0.2, 0.25) is 0 Å². The zero-order chi connectivity index (χ0) is 12.0. The van der Waals surface area contributed by atoms with E-state index in [9.17, 15) is 4.79 Å². The summed E-state index contributed by atoms with van der Waals surface area (Å²) in [6.07, 6.45) is 1.77. The summed E-state index contributed by atoms with van der Waals surface area (Å²) < 4.78 is 5.33. The van der Waals surface area contributed by atoms with Crippen LogP contribution in [0.3, 0.4) is 0 Å². The van der Waals surface area contributed by atoms with Crippen LogP contribution in [0.15, 0.2) is 35.9 Å². The fraction of sp³-hybridized carbons (Fsp3) is 0.250. The van der Waals surface area contributed by atoms with Gasteiger partial charge in [0.25, 0.3) is 0 Å². The van der Waals surface area contributed by atoms with Gasteiger partial charge in [-0.2, -0.15) is 0 Å². The quantitative estimate of drug-likeness (QED) is 0.744. The number of aromatic carboxylic acids is 1. The molecule has 0 radical (unpaired) electrons. The molecule has 16 heavy (non-hydrogen) atoms. The largest absolute Gasteiger partial charge is 0.490 e. The van der Waals surface area contributed by atoms with Crippen molar-refractivity contribution in [2.24, 2.45) is 0 Å². The molecule has 0 aliphatic heterocycles. The third-order valence-electron chi connectivity index (χ3n) is 2.03. The SMILES string of the molecule is C/C(=C/COc1ccc(C(=O)O)cc1)CO. The average molecular weight is 222 g/mol. The minimum absolute atomic E-state index is 0.0152. The van der Waals surface area contributed by atoms with Crippen LogP contribution in [0, 0.1) is 0 Å². The number of aliphatic hydroxyl groups excluding tert-OH is 1. The van der Waals surface area contributed by atoms with Crippen molar-refractivity contribution in [2.45, 2.75) is 6.92 Å². The van der Waals surface area contributed by atoms with Crippen molar-refractivity contribution in [1.82, 2.24) is 0 Å². The van der Waals surface area contributed by atoms with Crippen molar-refractivity contribution in [3.63, 3.8) is 0 Å². The Bertz CT molecular complexity index is 379. The molecule has 1 rings (SSSR count). The van der Waals surface area contributed by atoms with Gasteiger partial charge in [-0.25, -0.2) is 4.79 Å².